The van der Waals surface area contributed by atoms with Crippen LogP contribution in [0.2, 0.25) is 0 Å². The summed E-state index contributed by atoms with van der Waals surface area (Å²) < 4.78 is 40.6. The Kier molecular flexibility index (Phi) is 5.15. The quantitative estimate of drug-likeness (QED) is 0.782. The molecule has 0 radical (unpaired) electrons. The highest BCUT2D eigenvalue weighted by Gasteiger charge is 2.30. The van der Waals surface area contributed by atoms with Gasteiger partial charge in [0.1, 0.15) is 5.82 Å². The highest BCUT2D eigenvalue weighted by atomic mass is 32.2. The zero-order chi connectivity index (χ0) is 18.7. The van der Waals surface area contributed by atoms with E-state index in [1.165, 1.54) is 30.3 Å². The number of carbonyl (C=O) groups excluding carboxylic acids is 2. The Morgan fingerprint density at radius 3 is 2.19 bits per heavy atom. The number of nitrogens with zero attached hydrogens (tertiary/aromatic N) is 1. The van der Waals surface area contributed by atoms with Crippen molar-refractivity contribution in [1.29, 1.82) is 0 Å². The van der Waals surface area contributed by atoms with Gasteiger partial charge < -0.3 is 0 Å². The van der Waals surface area contributed by atoms with Gasteiger partial charge in [0.05, 0.1) is 10.6 Å². The average Bonchev–Trinajstić information content (AvgIpc) is 2.95. The van der Waals surface area contributed by atoms with Crippen LogP contribution in [0.25, 0.3) is 0 Å². The Bertz CT molecular complexity index is 926. The van der Waals surface area contributed by atoms with E-state index in [9.17, 15) is 22.4 Å². The molecule has 1 heterocycles. The summed E-state index contributed by atoms with van der Waals surface area (Å²) in [4.78, 5) is 24.5. The second kappa shape index (κ2) is 7.35. The van der Waals surface area contributed by atoms with Crippen molar-refractivity contribution in [2.24, 2.45) is 0 Å². The van der Waals surface area contributed by atoms with Crippen molar-refractivity contribution in [2.75, 3.05) is 11.4 Å². The zero-order valence-corrected chi connectivity index (χ0v) is 14.6. The lowest BCUT2D eigenvalue weighted by Crippen LogP contribution is -2.29. The van der Waals surface area contributed by atoms with E-state index in [1.807, 2.05) is 0 Å². The monoisotopic (exact) mass is 376 g/mol. The molecule has 3 rings (SSSR count). The van der Waals surface area contributed by atoms with Gasteiger partial charge in [-0.15, -0.1) is 0 Å². The standard InChI is InChI=1S/C18H17FN2O4S/c19-16-4-2-1-3-13(16)11-12-20-26(24,25)15-7-5-14(6-8-15)21-17(22)9-10-18(21)23/h1-8,20H,9-12H2. The van der Waals surface area contributed by atoms with Gasteiger partial charge >= 0.3 is 0 Å². The van der Waals surface area contributed by atoms with Gasteiger partial charge in [0.2, 0.25) is 21.8 Å². The van der Waals surface area contributed by atoms with Gasteiger partial charge in [0.25, 0.3) is 0 Å². The second-order valence-electron chi connectivity index (χ2n) is 5.86. The molecule has 1 fully saturated rings. The van der Waals surface area contributed by atoms with Crippen LogP contribution < -0.4 is 9.62 Å². The SMILES string of the molecule is O=C1CCC(=O)N1c1ccc(S(=O)(=O)NCCc2ccccc2F)cc1. The lowest BCUT2D eigenvalue weighted by atomic mass is 10.1. The molecule has 1 N–H and O–H groups in total. The van der Waals surface area contributed by atoms with E-state index in [0.717, 1.165) is 4.90 Å². The molecule has 2 amide bonds. The van der Waals surface area contributed by atoms with E-state index in [1.54, 1.807) is 18.2 Å². The number of sulfonamides is 1. The molecule has 26 heavy (non-hydrogen) atoms. The molecule has 1 saturated heterocycles. The predicted molar refractivity (Wildman–Crippen MR) is 93.5 cm³/mol. The molecule has 0 aromatic heterocycles. The van der Waals surface area contributed by atoms with Crippen molar-refractivity contribution in [2.45, 2.75) is 24.2 Å². The predicted octanol–water partition coefficient (Wildman–Crippen LogP) is 2.00. The fourth-order valence-corrected chi connectivity index (χ4v) is 3.78. The number of hydrogen-bond acceptors (Lipinski definition) is 4. The molecule has 0 aliphatic carbocycles. The maximum absolute atomic E-state index is 13.6. The number of amides is 2. The number of halogens is 1. The maximum Gasteiger partial charge on any atom is 0.240 e. The van der Waals surface area contributed by atoms with Gasteiger partial charge in [-0.1, -0.05) is 18.2 Å². The highest BCUT2D eigenvalue weighted by Crippen LogP contribution is 2.23. The molecule has 2 aromatic rings. The molecule has 8 heteroatoms. The topological polar surface area (TPSA) is 83.6 Å². The van der Waals surface area contributed by atoms with Crippen molar-refractivity contribution in [1.82, 2.24) is 4.72 Å². The number of rotatable bonds is 6. The molecular formula is C18H17FN2O4S. The molecule has 1 aliphatic heterocycles. The van der Waals surface area contributed by atoms with Gasteiger partial charge in [0.15, 0.2) is 0 Å². The van der Waals surface area contributed by atoms with Crippen molar-refractivity contribution >= 4 is 27.5 Å². The number of carbonyl (C=O) groups is 2. The van der Waals surface area contributed by atoms with Crippen LogP contribution in [-0.4, -0.2) is 26.8 Å². The Hall–Kier alpha value is -2.58. The third-order valence-corrected chi connectivity index (χ3v) is 5.58. The minimum atomic E-state index is -3.77. The van der Waals surface area contributed by atoms with Crippen LogP contribution in [0.4, 0.5) is 10.1 Å². The molecule has 0 bridgehead atoms. The lowest BCUT2D eigenvalue weighted by molar-refractivity contribution is -0.121. The van der Waals surface area contributed by atoms with Crippen molar-refractivity contribution in [3.05, 3.63) is 59.9 Å². The van der Waals surface area contributed by atoms with Crippen LogP contribution in [-0.2, 0) is 26.0 Å². The molecule has 0 spiro atoms. The molecule has 6 nitrogen and oxygen atoms in total. The van der Waals surface area contributed by atoms with E-state index < -0.39 is 10.0 Å². The first-order valence-corrected chi connectivity index (χ1v) is 9.56. The van der Waals surface area contributed by atoms with E-state index in [4.69, 9.17) is 0 Å². The molecule has 136 valence electrons. The Labute approximate surface area is 150 Å². The summed E-state index contributed by atoms with van der Waals surface area (Å²) >= 11 is 0. The van der Waals surface area contributed by atoms with Gasteiger partial charge in [0, 0.05) is 19.4 Å². The number of anilines is 1. The minimum absolute atomic E-state index is 0.00822. The van der Waals surface area contributed by atoms with Gasteiger partial charge in [-0.25, -0.2) is 17.5 Å². The number of benzene rings is 2. The molecule has 2 aromatic carbocycles. The van der Waals surface area contributed by atoms with Crippen LogP contribution in [0.3, 0.4) is 0 Å². The van der Waals surface area contributed by atoms with E-state index in [0.29, 0.717) is 11.3 Å². The fraction of sp³-hybridized carbons (Fsp3) is 0.222. The van der Waals surface area contributed by atoms with Crippen LogP contribution >= 0.6 is 0 Å². The van der Waals surface area contributed by atoms with Crippen LogP contribution in [0.15, 0.2) is 53.4 Å². The molecule has 0 unspecified atom stereocenters. The van der Waals surface area contributed by atoms with E-state index in [2.05, 4.69) is 4.72 Å². The molecule has 0 saturated carbocycles. The Morgan fingerprint density at radius 1 is 0.962 bits per heavy atom. The van der Waals surface area contributed by atoms with Gasteiger partial charge in [-0.2, -0.15) is 0 Å². The van der Waals surface area contributed by atoms with Crippen LogP contribution in [0.1, 0.15) is 18.4 Å². The highest BCUT2D eigenvalue weighted by molar-refractivity contribution is 7.89. The zero-order valence-electron chi connectivity index (χ0n) is 13.8. The lowest BCUT2D eigenvalue weighted by Gasteiger charge is -2.14. The van der Waals surface area contributed by atoms with Crippen LogP contribution in [0.5, 0.6) is 0 Å². The third kappa shape index (κ3) is 3.81. The first kappa shape index (κ1) is 18.2. The summed E-state index contributed by atoms with van der Waals surface area (Å²) in [6, 6.07) is 11.7. The van der Waals surface area contributed by atoms with Gasteiger partial charge in [-0.3, -0.25) is 14.5 Å². The number of imide groups is 1. The molecule has 1 aliphatic rings. The van der Waals surface area contributed by atoms with Crippen molar-refractivity contribution in [3.8, 4) is 0 Å². The smallest absolute Gasteiger partial charge is 0.240 e. The second-order valence-corrected chi connectivity index (χ2v) is 7.62. The summed E-state index contributed by atoms with van der Waals surface area (Å²) in [6.07, 6.45) is 0.549. The van der Waals surface area contributed by atoms with Crippen molar-refractivity contribution < 1.29 is 22.4 Å². The van der Waals surface area contributed by atoms with E-state index in [-0.39, 0.29) is 48.3 Å². The first-order chi connectivity index (χ1) is 12.4. The van der Waals surface area contributed by atoms with Gasteiger partial charge in [-0.05, 0) is 42.3 Å². The fourth-order valence-electron chi connectivity index (χ4n) is 2.74. The van der Waals surface area contributed by atoms with E-state index >= 15 is 0 Å². The Balaban J connectivity index is 1.67. The summed E-state index contributed by atoms with van der Waals surface area (Å²) in [7, 11) is -3.77. The minimum Gasteiger partial charge on any atom is -0.274 e. The molecular weight excluding hydrogens is 359 g/mol. The van der Waals surface area contributed by atoms with Crippen LogP contribution in [0, 0.1) is 5.82 Å². The summed E-state index contributed by atoms with van der Waals surface area (Å²) in [6.45, 7) is 0.0497. The largest absolute Gasteiger partial charge is 0.274 e. The maximum atomic E-state index is 13.6. The summed E-state index contributed by atoms with van der Waals surface area (Å²) in [5.41, 5.74) is 0.777. The first-order valence-electron chi connectivity index (χ1n) is 8.07. The molecule has 0 atom stereocenters. The normalized spacial score (nSPS) is 14.9. The summed E-state index contributed by atoms with van der Waals surface area (Å²) in [5, 5.41) is 0. The van der Waals surface area contributed by atoms with Crippen molar-refractivity contribution in [3.63, 3.8) is 0 Å². The third-order valence-electron chi connectivity index (χ3n) is 4.10. The Morgan fingerprint density at radius 2 is 1.58 bits per heavy atom. The summed E-state index contributed by atoms with van der Waals surface area (Å²) in [5.74, 6) is -0.974. The number of hydrogen-bond donors (Lipinski definition) is 1. The average molecular weight is 376 g/mol. The number of nitrogens with one attached hydrogen (secondary N) is 1.